The van der Waals surface area contributed by atoms with Crippen LogP contribution in [0.3, 0.4) is 0 Å². The van der Waals surface area contributed by atoms with Gasteiger partial charge in [-0.25, -0.2) is 9.59 Å². The molecule has 38 heavy (non-hydrogen) atoms. The maximum absolute atomic E-state index is 12.9. The van der Waals surface area contributed by atoms with Gasteiger partial charge in [-0.3, -0.25) is 14.4 Å². The molecule has 2 atom stereocenters. The second-order valence-electron chi connectivity index (χ2n) is 10.1. The molecule has 0 bridgehead atoms. The van der Waals surface area contributed by atoms with E-state index in [9.17, 15) is 29.1 Å². The lowest BCUT2D eigenvalue weighted by atomic mass is 9.92. The van der Waals surface area contributed by atoms with Crippen LogP contribution in [0.25, 0.3) is 0 Å². The molecule has 2 saturated heterocycles. The molecule has 208 valence electrons. The van der Waals surface area contributed by atoms with Crippen molar-refractivity contribution in [3.63, 3.8) is 0 Å². The highest BCUT2D eigenvalue weighted by Crippen LogP contribution is 2.23. The summed E-state index contributed by atoms with van der Waals surface area (Å²) in [6, 6.07) is 8.02. The second-order valence-corrected chi connectivity index (χ2v) is 10.1. The Morgan fingerprint density at radius 3 is 2.39 bits per heavy atom. The molecule has 2 aliphatic heterocycles. The molecule has 1 aromatic carbocycles. The van der Waals surface area contributed by atoms with E-state index < -0.39 is 23.8 Å². The van der Waals surface area contributed by atoms with Gasteiger partial charge in [-0.2, -0.15) is 0 Å². The van der Waals surface area contributed by atoms with E-state index >= 15 is 0 Å². The third-order valence-corrected chi connectivity index (χ3v) is 7.05. The molecule has 11 nitrogen and oxygen atoms in total. The minimum Gasteiger partial charge on any atom is -0.480 e. The summed E-state index contributed by atoms with van der Waals surface area (Å²) in [4.78, 5) is 63.5. The molecule has 0 saturated carbocycles. The van der Waals surface area contributed by atoms with Crippen molar-refractivity contribution >= 4 is 29.8 Å². The molecule has 3 rings (SSSR count). The van der Waals surface area contributed by atoms with Gasteiger partial charge in [-0.1, -0.05) is 30.3 Å². The molecule has 4 amide bonds. The molecular formula is C27H38N4O7. The topological polar surface area (TPSA) is 145 Å². The minimum absolute atomic E-state index is 0.0373. The zero-order valence-corrected chi connectivity index (χ0v) is 21.9. The van der Waals surface area contributed by atoms with Crippen molar-refractivity contribution in [1.82, 2.24) is 20.4 Å². The predicted molar refractivity (Wildman–Crippen MR) is 138 cm³/mol. The van der Waals surface area contributed by atoms with E-state index in [1.165, 1.54) is 6.92 Å². The fourth-order valence-corrected chi connectivity index (χ4v) is 4.94. The lowest BCUT2D eigenvalue weighted by Crippen LogP contribution is -2.51. The molecular weight excluding hydrogens is 492 g/mol. The molecule has 2 unspecified atom stereocenters. The Morgan fingerprint density at radius 2 is 1.74 bits per heavy atom. The van der Waals surface area contributed by atoms with Crippen molar-refractivity contribution in [2.45, 2.75) is 70.6 Å². The van der Waals surface area contributed by atoms with E-state index in [1.54, 1.807) is 9.80 Å². The lowest BCUT2D eigenvalue weighted by Gasteiger charge is -2.34. The molecule has 0 spiro atoms. The van der Waals surface area contributed by atoms with Gasteiger partial charge in [0.25, 0.3) is 0 Å². The van der Waals surface area contributed by atoms with Gasteiger partial charge in [0.15, 0.2) is 0 Å². The van der Waals surface area contributed by atoms with E-state index in [0.29, 0.717) is 44.9 Å². The van der Waals surface area contributed by atoms with E-state index in [4.69, 9.17) is 4.74 Å². The van der Waals surface area contributed by atoms with E-state index in [0.717, 1.165) is 31.2 Å². The molecule has 3 N–H and O–H groups in total. The number of carbonyl (C=O) groups excluding carboxylic acids is 4. The van der Waals surface area contributed by atoms with Crippen molar-refractivity contribution in [2.75, 3.05) is 26.2 Å². The second kappa shape index (κ2) is 14.3. The first kappa shape index (κ1) is 28.9. The molecule has 1 aromatic rings. The number of carbonyl (C=O) groups is 5. The molecule has 0 radical (unpaired) electrons. The minimum atomic E-state index is -1.29. The maximum Gasteiger partial charge on any atom is 0.410 e. The Hall–Kier alpha value is -3.63. The van der Waals surface area contributed by atoms with Crippen LogP contribution in [0.4, 0.5) is 4.79 Å². The number of piperidine rings is 2. The number of nitrogens with zero attached hydrogens (tertiary/aromatic N) is 2. The van der Waals surface area contributed by atoms with E-state index in [1.807, 2.05) is 30.3 Å². The van der Waals surface area contributed by atoms with E-state index in [2.05, 4.69) is 10.6 Å². The number of rotatable bonds is 10. The fourth-order valence-electron chi connectivity index (χ4n) is 4.94. The number of aliphatic carboxylic acids is 1. The largest absolute Gasteiger partial charge is 0.480 e. The number of carboxylic acid groups (broad SMARTS) is 1. The van der Waals surface area contributed by atoms with Gasteiger partial charge in [0.2, 0.25) is 17.7 Å². The molecule has 2 aliphatic rings. The highest BCUT2D eigenvalue weighted by molar-refractivity contribution is 5.88. The standard InChI is InChI=1S/C27H38N4O7/c1-19(32)28-23(26(35)36)16-24(33)29-22-8-5-13-31(17-22)25(34)10-9-20-11-14-30(15-12-20)27(37)38-18-21-6-3-2-4-7-21/h2-4,6-7,20,22-23H,5,8-18H2,1H3,(H,28,32)(H,29,33)(H,35,36). The number of amides is 4. The maximum atomic E-state index is 12.9. The summed E-state index contributed by atoms with van der Waals surface area (Å²) >= 11 is 0. The van der Waals surface area contributed by atoms with Crippen molar-refractivity contribution in [1.29, 1.82) is 0 Å². The van der Waals surface area contributed by atoms with Crippen LogP contribution in [0.1, 0.15) is 57.4 Å². The van der Waals surface area contributed by atoms with Crippen molar-refractivity contribution < 1.29 is 33.8 Å². The smallest absolute Gasteiger partial charge is 0.410 e. The summed E-state index contributed by atoms with van der Waals surface area (Å²) in [6.45, 7) is 3.68. The number of hydrogen-bond donors (Lipinski definition) is 3. The Morgan fingerprint density at radius 1 is 1.03 bits per heavy atom. The zero-order valence-electron chi connectivity index (χ0n) is 21.9. The van der Waals surface area contributed by atoms with Crippen LogP contribution in [0.2, 0.25) is 0 Å². The Balaban J connectivity index is 1.35. The van der Waals surface area contributed by atoms with Crippen LogP contribution < -0.4 is 10.6 Å². The lowest BCUT2D eigenvalue weighted by molar-refractivity contribution is -0.143. The van der Waals surface area contributed by atoms with Gasteiger partial charge in [0.1, 0.15) is 12.6 Å². The first-order valence-electron chi connectivity index (χ1n) is 13.2. The van der Waals surface area contributed by atoms with Crippen LogP contribution in [0, 0.1) is 5.92 Å². The van der Waals surface area contributed by atoms with Crippen LogP contribution in [0.15, 0.2) is 30.3 Å². The summed E-state index contributed by atoms with van der Waals surface area (Å²) in [5.74, 6) is -1.87. The highest BCUT2D eigenvalue weighted by Gasteiger charge is 2.29. The van der Waals surface area contributed by atoms with Gasteiger partial charge in [0.05, 0.1) is 6.42 Å². The number of hydrogen-bond acceptors (Lipinski definition) is 6. The quantitative estimate of drug-likeness (QED) is 0.419. The molecule has 0 aromatic heterocycles. The molecule has 2 fully saturated rings. The Bertz CT molecular complexity index is 979. The number of carboxylic acids is 1. The number of ether oxygens (including phenoxy) is 1. The predicted octanol–water partition coefficient (Wildman–Crippen LogP) is 1.90. The summed E-state index contributed by atoms with van der Waals surface area (Å²) in [7, 11) is 0. The van der Waals surface area contributed by atoms with Crippen LogP contribution in [-0.4, -0.2) is 83.0 Å². The summed E-state index contributed by atoms with van der Waals surface area (Å²) in [5, 5.41) is 14.3. The first-order chi connectivity index (χ1) is 18.2. The third-order valence-electron chi connectivity index (χ3n) is 7.05. The summed E-state index contributed by atoms with van der Waals surface area (Å²) < 4.78 is 5.42. The summed E-state index contributed by atoms with van der Waals surface area (Å²) in [6.07, 6.45) is 3.58. The van der Waals surface area contributed by atoms with Gasteiger partial charge >= 0.3 is 12.1 Å². The highest BCUT2D eigenvalue weighted by atomic mass is 16.6. The molecule has 0 aliphatic carbocycles. The Kier molecular flexibility index (Phi) is 10.9. The fraction of sp³-hybridized carbons (Fsp3) is 0.593. The Labute approximate surface area is 222 Å². The number of nitrogens with one attached hydrogen (secondary N) is 2. The third kappa shape index (κ3) is 9.35. The van der Waals surface area contributed by atoms with Crippen molar-refractivity contribution in [3.05, 3.63) is 35.9 Å². The van der Waals surface area contributed by atoms with Crippen LogP contribution >= 0.6 is 0 Å². The molecule has 2 heterocycles. The average molecular weight is 531 g/mol. The number of likely N-dealkylation sites (tertiary alicyclic amines) is 2. The zero-order chi connectivity index (χ0) is 27.5. The van der Waals surface area contributed by atoms with Crippen LogP contribution in [0.5, 0.6) is 0 Å². The van der Waals surface area contributed by atoms with E-state index in [-0.39, 0.29) is 31.1 Å². The van der Waals surface area contributed by atoms with Gasteiger partial charge in [-0.15, -0.1) is 0 Å². The first-order valence-corrected chi connectivity index (χ1v) is 13.2. The normalized spacial score (nSPS) is 18.8. The molecule has 11 heteroatoms. The van der Waals surface area contributed by atoms with Gasteiger partial charge in [0, 0.05) is 45.6 Å². The summed E-state index contributed by atoms with van der Waals surface area (Å²) in [5.41, 5.74) is 0.947. The SMILES string of the molecule is CC(=O)NC(CC(=O)NC1CCCN(C(=O)CCC2CCN(C(=O)OCc3ccccc3)CC2)C1)C(=O)O. The van der Waals surface area contributed by atoms with Crippen LogP contribution in [-0.2, 0) is 30.5 Å². The number of benzene rings is 1. The van der Waals surface area contributed by atoms with Gasteiger partial charge < -0.3 is 30.3 Å². The average Bonchev–Trinajstić information content (AvgIpc) is 2.90. The van der Waals surface area contributed by atoms with Crippen molar-refractivity contribution in [3.8, 4) is 0 Å². The van der Waals surface area contributed by atoms with Crippen molar-refractivity contribution in [2.24, 2.45) is 5.92 Å². The monoisotopic (exact) mass is 530 g/mol. The van der Waals surface area contributed by atoms with Gasteiger partial charge in [-0.05, 0) is 43.6 Å².